The molecule has 1 rings (SSSR count). The number of hydrogen-bond acceptors (Lipinski definition) is 4. The first kappa shape index (κ1) is 12.9. The largest absolute Gasteiger partial charge is 0.329 e. The van der Waals surface area contributed by atoms with Gasteiger partial charge in [-0.25, -0.2) is 13.1 Å². The molecular formula is C9H21N3O2S. The van der Waals surface area contributed by atoms with E-state index in [1.54, 1.807) is 0 Å². The summed E-state index contributed by atoms with van der Waals surface area (Å²) in [5.41, 5.74) is 5.21. The first-order valence-electron chi connectivity index (χ1n) is 5.47. The quantitative estimate of drug-likeness (QED) is 0.632. The van der Waals surface area contributed by atoms with E-state index in [0.717, 1.165) is 26.1 Å². The van der Waals surface area contributed by atoms with Crippen LogP contribution in [0.25, 0.3) is 0 Å². The van der Waals surface area contributed by atoms with Gasteiger partial charge < -0.3 is 10.6 Å². The molecular weight excluding hydrogens is 214 g/mol. The number of hydrogen-bond donors (Lipinski definition) is 2. The van der Waals surface area contributed by atoms with E-state index in [1.165, 1.54) is 0 Å². The summed E-state index contributed by atoms with van der Waals surface area (Å²) in [6.07, 6.45) is 1.08. The molecule has 6 heteroatoms. The molecule has 1 atom stereocenters. The van der Waals surface area contributed by atoms with E-state index in [4.69, 9.17) is 5.73 Å². The highest BCUT2D eigenvalue weighted by Gasteiger charge is 2.22. The SMILES string of the molecule is CCN1CCC(CNS(=O)(=O)CCN)C1. The van der Waals surface area contributed by atoms with E-state index in [-0.39, 0.29) is 12.3 Å². The Labute approximate surface area is 92.1 Å². The Morgan fingerprint density at radius 1 is 1.53 bits per heavy atom. The molecule has 90 valence electrons. The van der Waals surface area contributed by atoms with Crippen molar-refractivity contribution in [3.8, 4) is 0 Å². The molecule has 0 bridgehead atoms. The van der Waals surface area contributed by atoms with Crippen molar-refractivity contribution in [3.05, 3.63) is 0 Å². The van der Waals surface area contributed by atoms with Gasteiger partial charge in [-0.1, -0.05) is 6.92 Å². The molecule has 0 amide bonds. The Bertz CT molecular complexity index is 279. The van der Waals surface area contributed by atoms with Crippen LogP contribution in [0.3, 0.4) is 0 Å². The molecule has 1 unspecified atom stereocenters. The Morgan fingerprint density at radius 3 is 2.80 bits per heavy atom. The van der Waals surface area contributed by atoms with E-state index in [2.05, 4.69) is 16.5 Å². The highest BCUT2D eigenvalue weighted by molar-refractivity contribution is 7.89. The predicted molar refractivity (Wildman–Crippen MR) is 61.1 cm³/mol. The monoisotopic (exact) mass is 235 g/mol. The minimum atomic E-state index is -3.14. The molecule has 0 spiro atoms. The third-order valence-electron chi connectivity index (χ3n) is 2.80. The molecule has 0 aromatic rings. The highest BCUT2D eigenvalue weighted by Crippen LogP contribution is 2.14. The van der Waals surface area contributed by atoms with Crippen LogP contribution < -0.4 is 10.5 Å². The summed E-state index contributed by atoms with van der Waals surface area (Å²) >= 11 is 0. The summed E-state index contributed by atoms with van der Waals surface area (Å²) in [6, 6.07) is 0. The molecule has 1 aliphatic heterocycles. The van der Waals surface area contributed by atoms with Crippen molar-refractivity contribution in [2.75, 3.05) is 38.5 Å². The van der Waals surface area contributed by atoms with Crippen molar-refractivity contribution >= 4 is 10.0 Å². The Kier molecular flexibility index (Phi) is 4.98. The summed E-state index contributed by atoms with van der Waals surface area (Å²) in [7, 11) is -3.14. The van der Waals surface area contributed by atoms with E-state index in [0.29, 0.717) is 12.5 Å². The lowest BCUT2D eigenvalue weighted by molar-refractivity contribution is 0.342. The van der Waals surface area contributed by atoms with Gasteiger partial charge >= 0.3 is 0 Å². The molecule has 5 nitrogen and oxygen atoms in total. The van der Waals surface area contributed by atoms with Crippen LogP contribution in [-0.4, -0.2) is 51.8 Å². The molecule has 1 fully saturated rings. The molecule has 1 heterocycles. The van der Waals surface area contributed by atoms with Gasteiger partial charge in [0.1, 0.15) is 0 Å². The highest BCUT2D eigenvalue weighted by atomic mass is 32.2. The second kappa shape index (κ2) is 5.79. The fourth-order valence-corrected chi connectivity index (χ4v) is 2.78. The van der Waals surface area contributed by atoms with Gasteiger partial charge in [0.2, 0.25) is 10.0 Å². The van der Waals surface area contributed by atoms with Gasteiger partial charge in [-0.3, -0.25) is 0 Å². The summed E-state index contributed by atoms with van der Waals surface area (Å²) < 4.78 is 25.3. The van der Waals surface area contributed by atoms with E-state index >= 15 is 0 Å². The lowest BCUT2D eigenvalue weighted by Crippen LogP contribution is -2.34. The van der Waals surface area contributed by atoms with E-state index < -0.39 is 10.0 Å². The van der Waals surface area contributed by atoms with Crippen molar-refractivity contribution in [3.63, 3.8) is 0 Å². The van der Waals surface area contributed by atoms with Crippen LogP contribution in [0, 0.1) is 5.92 Å². The van der Waals surface area contributed by atoms with Gasteiger partial charge in [0.05, 0.1) is 5.75 Å². The third kappa shape index (κ3) is 4.46. The number of sulfonamides is 1. The van der Waals surface area contributed by atoms with Gasteiger partial charge in [-0.05, 0) is 25.4 Å². The van der Waals surface area contributed by atoms with Gasteiger partial charge in [-0.2, -0.15) is 0 Å². The van der Waals surface area contributed by atoms with Crippen LogP contribution in [0.5, 0.6) is 0 Å². The normalized spacial score (nSPS) is 23.5. The zero-order valence-corrected chi connectivity index (χ0v) is 10.1. The van der Waals surface area contributed by atoms with Crippen molar-refractivity contribution in [1.29, 1.82) is 0 Å². The van der Waals surface area contributed by atoms with Crippen LogP contribution in [-0.2, 0) is 10.0 Å². The number of rotatable bonds is 6. The maximum absolute atomic E-state index is 11.3. The molecule has 0 saturated carbocycles. The minimum Gasteiger partial charge on any atom is -0.329 e. The summed E-state index contributed by atoms with van der Waals surface area (Å²) in [6.45, 7) is 5.99. The smallest absolute Gasteiger partial charge is 0.212 e. The number of nitrogens with one attached hydrogen (secondary N) is 1. The van der Waals surface area contributed by atoms with Crippen molar-refractivity contribution in [1.82, 2.24) is 9.62 Å². The van der Waals surface area contributed by atoms with Crippen molar-refractivity contribution in [2.45, 2.75) is 13.3 Å². The zero-order valence-electron chi connectivity index (χ0n) is 9.28. The molecule has 0 radical (unpaired) electrons. The summed E-state index contributed by atoms with van der Waals surface area (Å²) in [5.74, 6) is 0.481. The van der Waals surface area contributed by atoms with Crippen LogP contribution in [0.2, 0.25) is 0 Å². The fraction of sp³-hybridized carbons (Fsp3) is 1.00. The summed E-state index contributed by atoms with van der Waals surface area (Å²) in [5, 5.41) is 0. The first-order chi connectivity index (χ1) is 7.07. The average molecular weight is 235 g/mol. The second-order valence-corrected chi connectivity index (χ2v) is 5.93. The number of nitrogens with zero attached hydrogens (tertiary/aromatic N) is 1. The van der Waals surface area contributed by atoms with Crippen LogP contribution >= 0.6 is 0 Å². The minimum absolute atomic E-state index is 0.0250. The first-order valence-corrected chi connectivity index (χ1v) is 7.12. The maximum Gasteiger partial charge on any atom is 0.212 e. The molecule has 15 heavy (non-hydrogen) atoms. The van der Waals surface area contributed by atoms with Crippen molar-refractivity contribution in [2.24, 2.45) is 11.7 Å². The third-order valence-corrected chi connectivity index (χ3v) is 4.18. The predicted octanol–water partition coefficient (Wildman–Crippen LogP) is -0.794. The molecule has 1 aliphatic rings. The zero-order chi connectivity index (χ0) is 11.3. The average Bonchev–Trinajstić information content (AvgIpc) is 2.62. The van der Waals surface area contributed by atoms with Crippen LogP contribution in [0.15, 0.2) is 0 Å². The Hall–Kier alpha value is -0.170. The Morgan fingerprint density at radius 2 is 2.27 bits per heavy atom. The molecule has 0 aromatic carbocycles. The molecule has 3 N–H and O–H groups in total. The van der Waals surface area contributed by atoms with Gasteiger partial charge in [0.15, 0.2) is 0 Å². The lowest BCUT2D eigenvalue weighted by Gasteiger charge is -2.13. The van der Waals surface area contributed by atoms with Gasteiger partial charge in [-0.15, -0.1) is 0 Å². The maximum atomic E-state index is 11.3. The van der Waals surface area contributed by atoms with Crippen LogP contribution in [0.1, 0.15) is 13.3 Å². The topological polar surface area (TPSA) is 75.4 Å². The standard InChI is InChI=1S/C9H21N3O2S/c1-2-12-5-3-9(8-12)7-11-15(13,14)6-4-10/h9,11H,2-8,10H2,1H3. The van der Waals surface area contributed by atoms with Crippen LogP contribution in [0.4, 0.5) is 0 Å². The molecule has 1 saturated heterocycles. The lowest BCUT2D eigenvalue weighted by atomic mass is 10.1. The van der Waals surface area contributed by atoms with Gasteiger partial charge in [0.25, 0.3) is 0 Å². The second-order valence-electron chi connectivity index (χ2n) is 4.00. The van der Waals surface area contributed by atoms with Gasteiger partial charge in [0, 0.05) is 19.6 Å². The number of likely N-dealkylation sites (tertiary alicyclic amines) is 1. The Balaban J connectivity index is 2.26. The number of nitrogens with two attached hydrogens (primary N) is 1. The van der Waals surface area contributed by atoms with E-state index in [1.807, 2.05) is 0 Å². The van der Waals surface area contributed by atoms with Crippen molar-refractivity contribution < 1.29 is 8.42 Å². The van der Waals surface area contributed by atoms with E-state index in [9.17, 15) is 8.42 Å². The fourth-order valence-electron chi connectivity index (χ4n) is 1.84. The molecule has 0 aliphatic carbocycles. The summed E-state index contributed by atoms with van der Waals surface area (Å²) in [4.78, 5) is 2.34. The molecule has 0 aromatic heterocycles.